The van der Waals surface area contributed by atoms with E-state index in [2.05, 4.69) is 21.2 Å². The second kappa shape index (κ2) is 9.95. The summed E-state index contributed by atoms with van der Waals surface area (Å²) in [5.41, 5.74) is 0.346. The molecular formula is C23H19BrF2N2O5. The number of rotatable bonds is 6. The van der Waals surface area contributed by atoms with Gasteiger partial charge in [0.05, 0.1) is 18.4 Å². The summed E-state index contributed by atoms with van der Waals surface area (Å²) >= 11 is 3.20. The number of hydrogen-bond acceptors (Lipinski definition) is 5. The highest BCUT2D eigenvalue weighted by Crippen LogP contribution is 2.27. The van der Waals surface area contributed by atoms with Crippen LogP contribution in [0, 0.1) is 18.6 Å². The van der Waals surface area contributed by atoms with Crippen LogP contribution in [0.25, 0.3) is 5.69 Å². The molecule has 0 unspecified atom stereocenters. The predicted octanol–water partition coefficient (Wildman–Crippen LogP) is 3.91. The maximum absolute atomic E-state index is 13.9. The smallest absolute Gasteiger partial charge is 0.339 e. The number of halogens is 3. The minimum absolute atomic E-state index is 0.0109. The van der Waals surface area contributed by atoms with E-state index in [9.17, 15) is 23.2 Å². The van der Waals surface area contributed by atoms with Gasteiger partial charge in [-0.1, -0.05) is 0 Å². The number of esters is 1. The summed E-state index contributed by atoms with van der Waals surface area (Å²) in [5.74, 6) is -2.46. The fourth-order valence-corrected chi connectivity index (χ4v) is 3.57. The molecule has 0 spiro atoms. The van der Waals surface area contributed by atoms with Crippen molar-refractivity contribution in [2.24, 2.45) is 0 Å². The number of benzene rings is 2. The SMILES string of the molecule is CNC(=O)c1ccc(C(=O)OC)c(-n2c(C)cc(OCc3ccc(F)cc3F)c(Br)c2=O)c1. The highest BCUT2D eigenvalue weighted by atomic mass is 79.9. The van der Waals surface area contributed by atoms with Gasteiger partial charge in [-0.05, 0) is 53.2 Å². The van der Waals surface area contributed by atoms with Crippen LogP contribution in [-0.2, 0) is 11.3 Å². The number of hydrogen-bond donors (Lipinski definition) is 1. The number of nitrogens with zero attached hydrogens (tertiary/aromatic N) is 1. The van der Waals surface area contributed by atoms with Crippen LogP contribution in [-0.4, -0.2) is 30.6 Å². The molecule has 1 N–H and O–H groups in total. The van der Waals surface area contributed by atoms with Gasteiger partial charge < -0.3 is 14.8 Å². The van der Waals surface area contributed by atoms with E-state index >= 15 is 0 Å². The predicted molar refractivity (Wildman–Crippen MR) is 120 cm³/mol. The lowest BCUT2D eigenvalue weighted by atomic mass is 10.1. The van der Waals surface area contributed by atoms with Gasteiger partial charge in [0, 0.05) is 36.0 Å². The third-order valence-corrected chi connectivity index (χ3v) is 5.56. The molecule has 33 heavy (non-hydrogen) atoms. The normalized spacial score (nSPS) is 10.6. The Hall–Kier alpha value is -3.53. The van der Waals surface area contributed by atoms with E-state index in [-0.39, 0.29) is 39.2 Å². The molecule has 0 bridgehead atoms. The summed E-state index contributed by atoms with van der Waals surface area (Å²) in [4.78, 5) is 37.6. The van der Waals surface area contributed by atoms with Crippen molar-refractivity contribution in [2.75, 3.05) is 14.2 Å². The first-order valence-corrected chi connectivity index (χ1v) is 10.4. The van der Waals surface area contributed by atoms with Crippen LogP contribution >= 0.6 is 15.9 Å². The average molecular weight is 521 g/mol. The fraction of sp³-hybridized carbons (Fsp3) is 0.174. The Kier molecular flexibility index (Phi) is 7.27. The zero-order valence-corrected chi connectivity index (χ0v) is 19.5. The van der Waals surface area contributed by atoms with Gasteiger partial charge in [-0.15, -0.1) is 0 Å². The van der Waals surface area contributed by atoms with Crippen LogP contribution in [0.3, 0.4) is 0 Å². The molecule has 0 saturated heterocycles. The third-order valence-electron chi connectivity index (χ3n) is 4.83. The molecule has 0 fully saturated rings. The van der Waals surface area contributed by atoms with Crippen molar-refractivity contribution in [3.05, 3.63) is 91.3 Å². The molecule has 172 valence electrons. The molecule has 3 rings (SSSR count). The Bertz CT molecular complexity index is 1310. The molecule has 2 aromatic carbocycles. The van der Waals surface area contributed by atoms with E-state index in [1.807, 2.05) is 0 Å². The number of methoxy groups -OCH3 is 1. The van der Waals surface area contributed by atoms with Crippen LogP contribution in [0.4, 0.5) is 8.78 Å². The van der Waals surface area contributed by atoms with Crippen molar-refractivity contribution in [1.29, 1.82) is 0 Å². The van der Waals surface area contributed by atoms with Gasteiger partial charge in [0.1, 0.15) is 28.5 Å². The number of carbonyl (C=O) groups is 2. The first kappa shape index (κ1) is 24.1. The maximum Gasteiger partial charge on any atom is 0.339 e. The topological polar surface area (TPSA) is 86.6 Å². The molecule has 1 aromatic heterocycles. The number of pyridine rings is 1. The van der Waals surface area contributed by atoms with Crippen molar-refractivity contribution in [2.45, 2.75) is 13.5 Å². The first-order chi connectivity index (χ1) is 15.7. The number of nitrogens with one attached hydrogen (secondary N) is 1. The van der Waals surface area contributed by atoms with Crippen molar-refractivity contribution >= 4 is 27.8 Å². The van der Waals surface area contributed by atoms with Crippen molar-refractivity contribution in [3.63, 3.8) is 0 Å². The van der Waals surface area contributed by atoms with E-state index < -0.39 is 29.1 Å². The zero-order chi connectivity index (χ0) is 24.3. The van der Waals surface area contributed by atoms with Crippen LogP contribution in [0.5, 0.6) is 5.75 Å². The number of aromatic nitrogens is 1. The molecule has 0 aliphatic carbocycles. The highest BCUT2D eigenvalue weighted by Gasteiger charge is 2.21. The first-order valence-electron chi connectivity index (χ1n) is 9.61. The number of ether oxygens (including phenoxy) is 2. The molecule has 1 heterocycles. The summed E-state index contributed by atoms with van der Waals surface area (Å²) in [5, 5.41) is 2.49. The molecule has 10 heteroatoms. The Morgan fingerprint density at radius 3 is 2.48 bits per heavy atom. The van der Waals surface area contributed by atoms with E-state index in [0.29, 0.717) is 5.69 Å². The van der Waals surface area contributed by atoms with Gasteiger partial charge in [-0.2, -0.15) is 0 Å². The van der Waals surface area contributed by atoms with Crippen molar-refractivity contribution < 1.29 is 27.8 Å². The number of carbonyl (C=O) groups excluding carboxylic acids is 2. The summed E-state index contributed by atoms with van der Waals surface area (Å²) in [6.45, 7) is 1.36. The Balaban J connectivity index is 2.08. The van der Waals surface area contributed by atoms with Gasteiger partial charge in [0.25, 0.3) is 11.5 Å². The maximum atomic E-state index is 13.9. The average Bonchev–Trinajstić information content (AvgIpc) is 2.80. The summed E-state index contributed by atoms with van der Waals surface area (Å²) in [6.07, 6.45) is 0. The van der Waals surface area contributed by atoms with Crippen LogP contribution in [0.2, 0.25) is 0 Å². The molecule has 7 nitrogen and oxygen atoms in total. The quantitative estimate of drug-likeness (QED) is 0.498. The largest absolute Gasteiger partial charge is 0.487 e. The molecule has 0 atom stereocenters. The van der Waals surface area contributed by atoms with Gasteiger partial charge >= 0.3 is 5.97 Å². The van der Waals surface area contributed by atoms with Gasteiger partial charge in [0.15, 0.2) is 0 Å². The van der Waals surface area contributed by atoms with E-state index in [4.69, 9.17) is 9.47 Å². The van der Waals surface area contributed by atoms with E-state index in [0.717, 1.165) is 12.1 Å². The second-order valence-electron chi connectivity index (χ2n) is 6.93. The zero-order valence-electron chi connectivity index (χ0n) is 17.9. The van der Waals surface area contributed by atoms with Crippen LogP contribution < -0.4 is 15.6 Å². The molecule has 0 aliphatic heterocycles. The molecule has 1 amide bonds. The minimum atomic E-state index is -0.773. The monoisotopic (exact) mass is 520 g/mol. The number of aryl methyl sites for hydroxylation is 1. The Labute approximate surface area is 196 Å². The Morgan fingerprint density at radius 2 is 1.85 bits per heavy atom. The van der Waals surface area contributed by atoms with Crippen molar-refractivity contribution in [3.8, 4) is 11.4 Å². The molecular weight excluding hydrogens is 502 g/mol. The molecule has 3 aromatic rings. The van der Waals surface area contributed by atoms with Gasteiger partial charge in [-0.25, -0.2) is 13.6 Å². The summed E-state index contributed by atoms with van der Waals surface area (Å²) in [6, 6.07) is 8.85. The minimum Gasteiger partial charge on any atom is -0.487 e. The molecule has 0 radical (unpaired) electrons. The van der Waals surface area contributed by atoms with Gasteiger partial charge in [0.2, 0.25) is 0 Å². The lowest BCUT2D eigenvalue weighted by Crippen LogP contribution is -2.25. The highest BCUT2D eigenvalue weighted by molar-refractivity contribution is 9.10. The summed E-state index contributed by atoms with van der Waals surface area (Å²) < 4.78 is 38.7. The summed E-state index contributed by atoms with van der Waals surface area (Å²) in [7, 11) is 2.66. The van der Waals surface area contributed by atoms with E-state index in [1.165, 1.54) is 49.1 Å². The van der Waals surface area contributed by atoms with Crippen molar-refractivity contribution in [1.82, 2.24) is 9.88 Å². The second-order valence-corrected chi connectivity index (χ2v) is 7.72. The van der Waals surface area contributed by atoms with Crippen LogP contribution in [0.15, 0.2) is 51.7 Å². The molecule has 0 aliphatic rings. The fourth-order valence-electron chi connectivity index (χ4n) is 3.16. The molecule has 0 saturated carbocycles. The Morgan fingerprint density at radius 1 is 1.12 bits per heavy atom. The number of amides is 1. The standard InChI is InChI=1S/C23H19BrF2N2O5/c1-12-8-19(33-11-14-4-6-15(25)10-17(14)26)20(24)22(30)28(12)18-9-13(21(29)27-2)5-7-16(18)23(31)32-3/h4-10H,11H2,1-3H3,(H,27,29). The lowest BCUT2D eigenvalue weighted by molar-refractivity contribution is 0.0600. The van der Waals surface area contributed by atoms with Crippen LogP contribution in [0.1, 0.15) is 32.0 Å². The van der Waals surface area contributed by atoms with E-state index in [1.54, 1.807) is 6.92 Å². The third kappa shape index (κ3) is 4.95. The van der Waals surface area contributed by atoms with Gasteiger partial charge in [-0.3, -0.25) is 14.2 Å². The lowest BCUT2D eigenvalue weighted by Gasteiger charge is -2.17.